The molecule has 0 saturated heterocycles. The lowest BCUT2D eigenvalue weighted by Crippen LogP contribution is -2.33. The Bertz CT molecular complexity index is 803. The Hall–Kier alpha value is -1.71. The minimum absolute atomic E-state index is 0.0975. The van der Waals surface area contributed by atoms with E-state index in [9.17, 15) is 19.3 Å². The molecule has 0 amide bonds. The van der Waals surface area contributed by atoms with E-state index >= 15 is 0 Å². The van der Waals surface area contributed by atoms with Crippen molar-refractivity contribution in [1.82, 2.24) is 20.3 Å². The number of nitrogens with one attached hydrogen (secondary N) is 4. The second kappa shape index (κ2) is 6.59. The van der Waals surface area contributed by atoms with Gasteiger partial charge < -0.3 is 30.2 Å². The van der Waals surface area contributed by atoms with Crippen LogP contribution >= 0.6 is 7.60 Å². The van der Waals surface area contributed by atoms with Crippen molar-refractivity contribution >= 4 is 18.6 Å². The van der Waals surface area contributed by atoms with E-state index in [1.807, 2.05) is 0 Å². The van der Waals surface area contributed by atoms with Crippen LogP contribution < -0.4 is 16.6 Å². The van der Waals surface area contributed by atoms with E-state index in [4.69, 9.17) is 9.79 Å². The molecular formula is C11H17N4O6P. The van der Waals surface area contributed by atoms with Crippen molar-refractivity contribution in [3.63, 3.8) is 0 Å². The molecule has 0 fully saturated rings. The van der Waals surface area contributed by atoms with E-state index in [0.29, 0.717) is 11.1 Å². The number of H-pyrrole nitrogens is 3. The maximum atomic E-state index is 11.6. The molecule has 7 N–H and O–H groups in total. The maximum absolute atomic E-state index is 11.6. The highest BCUT2D eigenvalue weighted by Crippen LogP contribution is 2.35. The summed E-state index contributed by atoms with van der Waals surface area (Å²) in [5.74, 6) is 0. The fourth-order valence-corrected chi connectivity index (χ4v) is 2.72. The molecule has 2 aromatic rings. The molecule has 0 radical (unpaired) electrons. The Morgan fingerprint density at radius 3 is 2.59 bits per heavy atom. The van der Waals surface area contributed by atoms with E-state index in [1.165, 1.54) is 0 Å². The summed E-state index contributed by atoms with van der Waals surface area (Å²) in [5, 5.41) is 12.1. The first-order chi connectivity index (χ1) is 10.3. The summed E-state index contributed by atoms with van der Waals surface area (Å²) in [5.41, 5.74) is 0.0247. The summed E-state index contributed by atoms with van der Waals surface area (Å²) in [6, 6.07) is -0.508. The van der Waals surface area contributed by atoms with Crippen LogP contribution in [0.2, 0.25) is 0 Å². The van der Waals surface area contributed by atoms with Gasteiger partial charge in [0.25, 0.3) is 5.56 Å². The minimum atomic E-state index is -4.12. The molecule has 1 unspecified atom stereocenters. The van der Waals surface area contributed by atoms with Crippen molar-refractivity contribution in [2.24, 2.45) is 0 Å². The first kappa shape index (κ1) is 16.7. The van der Waals surface area contributed by atoms with Crippen LogP contribution in [-0.4, -0.2) is 48.7 Å². The van der Waals surface area contributed by atoms with E-state index in [1.54, 1.807) is 6.20 Å². The van der Waals surface area contributed by atoms with Gasteiger partial charge in [-0.05, 0) is 6.42 Å². The molecule has 11 heteroatoms. The van der Waals surface area contributed by atoms with Gasteiger partial charge >= 0.3 is 13.3 Å². The summed E-state index contributed by atoms with van der Waals surface area (Å²) >= 11 is 0. The van der Waals surface area contributed by atoms with E-state index in [0.717, 1.165) is 0 Å². The third-order valence-electron chi connectivity index (χ3n) is 3.22. The first-order valence-corrected chi connectivity index (χ1v) is 8.31. The molecule has 1 atom stereocenters. The SMILES string of the molecule is O=c1[nH]c(=O)c2[nH]cc(CNC(CO)CCP(=O)(O)O)c2[nH]1. The van der Waals surface area contributed by atoms with Gasteiger partial charge in [0, 0.05) is 24.3 Å². The Morgan fingerprint density at radius 2 is 1.95 bits per heavy atom. The lowest BCUT2D eigenvalue weighted by atomic mass is 10.2. The third kappa shape index (κ3) is 4.15. The second-order valence-corrected chi connectivity index (χ2v) is 6.69. The van der Waals surface area contributed by atoms with Gasteiger partial charge in [0.1, 0.15) is 5.52 Å². The molecule has 22 heavy (non-hydrogen) atoms. The number of hydrogen-bond donors (Lipinski definition) is 7. The van der Waals surface area contributed by atoms with Crippen molar-refractivity contribution in [3.8, 4) is 0 Å². The van der Waals surface area contributed by atoms with Gasteiger partial charge in [-0.1, -0.05) is 0 Å². The molecule has 2 aromatic heterocycles. The highest BCUT2D eigenvalue weighted by molar-refractivity contribution is 7.51. The first-order valence-electron chi connectivity index (χ1n) is 6.51. The predicted molar refractivity (Wildman–Crippen MR) is 78.8 cm³/mol. The van der Waals surface area contributed by atoms with Crippen LogP contribution in [0, 0.1) is 0 Å². The zero-order valence-electron chi connectivity index (χ0n) is 11.5. The third-order valence-corrected chi connectivity index (χ3v) is 4.07. The molecule has 2 rings (SSSR count). The monoisotopic (exact) mass is 332 g/mol. The van der Waals surface area contributed by atoms with Crippen LogP contribution in [0.4, 0.5) is 0 Å². The predicted octanol–water partition coefficient (Wildman–Crippen LogP) is -1.44. The van der Waals surface area contributed by atoms with Gasteiger partial charge in [-0.25, -0.2) is 4.79 Å². The molecule has 0 aliphatic carbocycles. The molecule has 10 nitrogen and oxygen atoms in total. The molecule has 122 valence electrons. The molecule has 2 heterocycles. The van der Waals surface area contributed by atoms with Crippen molar-refractivity contribution in [2.75, 3.05) is 12.8 Å². The second-order valence-electron chi connectivity index (χ2n) is 4.91. The van der Waals surface area contributed by atoms with Crippen molar-refractivity contribution in [1.29, 1.82) is 0 Å². The molecule has 0 aliphatic rings. The molecular weight excluding hydrogens is 315 g/mol. The average Bonchev–Trinajstić information content (AvgIpc) is 2.81. The van der Waals surface area contributed by atoms with Gasteiger partial charge in [0.05, 0.1) is 18.3 Å². The lowest BCUT2D eigenvalue weighted by molar-refractivity contribution is 0.237. The summed E-state index contributed by atoms with van der Waals surface area (Å²) in [6.45, 7) is -0.0781. The number of aliphatic hydroxyl groups excluding tert-OH is 1. The number of hydrogen-bond acceptors (Lipinski definition) is 5. The summed E-state index contributed by atoms with van der Waals surface area (Å²) in [7, 11) is -4.12. The van der Waals surface area contributed by atoms with Gasteiger partial charge in [-0.3, -0.25) is 14.3 Å². The lowest BCUT2D eigenvalue weighted by Gasteiger charge is -2.16. The quantitative estimate of drug-likeness (QED) is 0.304. The van der Waals surface area contributed by atoms with Crippen LogP contribution in [0.1, 0.15) is 12.0 Å². The van der Waals surface area contributed by atoms with Crippen LogP contribution in [0.3, 0.4) is 0 Å². The van der Waals surface area contributed by atoms with Crippen LogP contribution in [0.15, 0.2) is 15.8 Å². The zero-order valence-corrected chi connectivity index (χ0v) is 12.4. The Labute approximate surface area is 123 Å². The smallest absolute Gasteiger partial charge is 0.326 e. The van der Waals surface area contributed by atoms with Gasteiger partial charge in [0.2, 0.25) is 0 Å². The standard InChI is InChI=1S/C11H17N4O6P/c16-5-7(1-2-22(19,20)21)12-3-6-4-13-9-8(6)14-11(18)15-10(9)17/h4,7,12-13,16H,1-3,5H2,(H2,19,20,21)(H2,14,15,17,18). The van der Waals surface area contributed by atoms with E-state index in [-0.39, 0.29) is 31.3 Å². The Morgan fingerprint density at radius 1 is 1.23 bits per heavy atom. The van der Waals surface area contributed by atoms with Gasteiger partial charge in [-0.2, -0.15) is 0 Å². The van der Waals surface area contributed by atoms with Crippen molar-refractivity contribution in [2.45, 2.75) is 19.0 Å². The molecule has 0 aliphatic heterocycles. The van der Waals surface area contributed by atoms with Crippen LogP contribution in [0.5, 0.6) is 0 Å². The number of aliphatic hydroxyl groups is 1. The van der Waals surface area contributed by atoms with Crippen LogP contribution in [0.25, 0.3) is 11.0 Å². The van der Waals surface area contributed by atoms with Gasteiger partial charge in [0.15, 0.2) is 0 Å². The summed E-state index contributed by atoms with van der Waals surface area (Å²) in [6.07, 6.45) is 1.30. The van der Waals surface area contributed by atoms with Crippen molar-refractivity contribution in [3.05, 3.63) is 32.6 Å². The number of rotatable bonds is 7. The Balaban J connectivity index is 2.09. The molecule has 0 saturated carbocycles. The van der Waals surface area contributed by atoms with Gasteiger partial charge in [-0.15, -0.1) is 0 Å². The van der Waals surface area contributed by atoms with Crippen LogP contribution in [-0.2, 0) is 11.1 Å². The molecule has 0 aromatic carbocycles. The summed E-state index contributed by atoms with van der Waals surface area (Å²) in [4.78, 5) is 47.9. The van der Waals surface area contributed by atoms with E-state index < -0.39 is 24.9 Å². The average molecular weight is 332 g/mol. The maximum Gasteiger partial charge on any atom is 0.326 e. The minimum Gasteiger partial charge on any atom is -0.395 e. The molecule has 0 bridgehead atoms. The normalized spacial score (nSPS) is 13.6. The topological polar surface area (TPSA) is 171 Å². The number of aromatic amines is 3. The fraction of sp³-hybridized carbons (Fsp3) is 0.455. The highest BCUT2D eigenvalue weighted by atomic mass is 31.2. The largest absolute Gasteiger partial charge is 0.395 e. The van der Waals surface area contributed by atoms with Crippen molar-refractivity contribution < 1.29 is 19.5 Å². The number of aromatic nitrogens is 3. The Kier molecular flexibility index (Phi) is 4.99. The zero-order chi connectivity index (χ0) is 16.3. The van der Waals surface area contributed by atoms with E-state index in [2.05, 4.69) is 20.3 Å². The molecule has 0 spiro atoms. The highest BCUT2D eigenvalue weighted by Gasteiger charge is 2.17. The number of fused-ring (bicyclic) bond motifs is 1. The fourth-order valence-electron chi connectivity index (χ4n) is 2.07. The summed E-state index contributed by atoms with van der Waals surface area (Å²) < 4.78 is 10.8.